The topological polar surface area (TPSA) is 9.23 Å². The molecule has 2 aromatic carbocycles. The van der Waals surface area contributed by atoms with Gasteiger partial charge in [-0.2, -0.15) is 0 Å². The van der Waals surface area contributed by atoms with Gasteiger partial charge < -0.3 is 4.74 Å². The normalized spacial score (nSPS) is 12.8. The number of hydrogen-bond donors (Lipinski definition) is 0. The van der Waals surface area contributed by atoms with Crippen molar-refractivity contribution in [3.63, 3.8) is 0 Å². The van der Waals surface area contributed by atoms with Gasteiger partial charge in [-0.3, -0.25) is 0 Å². The van der Waals surface area contributed by atoms with E-state index in [1.807, 2.05) is 22.7 Å². The third-order valence-electron chi connectivity index (χ3n) is 6.14. The monoisotopic (exact) mass is 402 g/mol. The van der Waals surface area contributed by atoms with E-state index in [-0.39, 0.29) is 0 Å². The van der Waals surface area contributed by atoms with Crippen LogP contribution in [-0.4, -0.2) is 13.7 Å². The molecule has 0 atom stereocenters. The Morgan fingerprint density at radius 1 is 0.714 bits per heavy atom. The molecule has 2 aliphatic rings. The van der Waals surface area contributed by atoms with Crippen LogP contribution in [0.25, 0.3) is 53.9 Å². The summed E-state index contributed by atoms with van der Waals surface area (Å²) in [7, 11) is 1.79. The van der Waals surface area contributed by atoms with E-state index in [2.05, 4.69) is 43.3 Å². The third kappa shape index (κ3) is 2.27. The van der Waals surface area contributed by atoms with Crippen molar-refractivity contribution in [3.8, 4) is 43.1 Å². The van der Waals surface area contributed by atoms with Gasteiger partial charge in [0.1, 0.15) is 0 Å². The number of methoxy groups -OCH3 is 1. The van der Waals surface area contributed by atoms with E-state index < -0.39 is 0 Å². The summed E-state index contributed by atoms with van der Waals surface area (Å²) in [6, 6.07) is 14.3. The van der Waals surface area contributed by atoms with Gasteiger partial charge in [-0.25, -0.2) is 0 Å². The fourth-order valence-corrected chi connectivity index (χ4v) is 7.23. The van der Waals surface area contributed by atoms with Crippen LogP contribution < -0.4 is 0 Å². The summed E-state index contributed by atoms with van der Waals surface area (Å²) >= 11 is 3.94. The van der Waals surface area contributed by atoms with Gasteiger partial charge in [-0.1, -0.05) is 30.7 Å². The second-order valence-corrected chi connectivity index (χ2v) is 10.3. The quantitative estimate of drug-likeness (QED) is 0.257. The van der Waals surface area contributed by atoms with E-state index in [0.29, 0.717) is 0 Å². The van der Waals surface area contributed by atoms with Crippen molar-refractivity contribution in [3.05, 3.63) is 46.2 Å². The summed E-state index contributed by atoms with van der Waals surface area (Å²) in [5, 5.41) is 2.98. The Morgan fingerprint density at radius 2 is 1.36 bits per heavy atom. The number of fused-ring (bicyclic) bond motifs is 6. The van der Waals surface area contributed by atoms with Gasteiger partial charge in [-0.05, 0) is 60.2 Å². The van der Waals surface area contributed by atoms with E-state index in [4.69, 9.17) is 4.74 Å². The summed E-state index contributed by atoms with van der Waals surface area (Å²) in [5.41, 5.74) is 8.67. The van der Waals surface area contributed by atoms with Gasteiger partial charge >= 0.3 is 0 Å². The van der Waals surface area contributed by atoms with Gasteiger partial charge in [0.25, 0.3) is 0 Å². The van der Waals surface area contributed by atoms with Crippen molar-refractivity contribution in [1.29, 1.82) is 0 Å². The Morgan fingerprint density at radius 3 is 2.07 bits per heavy atom. The lowest BCUT2D eigenvalue weighted by molar-refractivity contribution is 0.192. The molecule has 0 saturated heterocycles. The summed E-state index contributed by atoms with van der Waals surface area (Å²) in [6.07, 6.45) is 4.85. The first-order valence-electron chi connectivity index (χ1n) is 10.1. The van der Waals surface area contributed by atoms with Gasteiger partial charge in [0.2, 0.25) is 0 Å². The van der Waals surface area contributed by atoms with Crippen LogP contribution in [0.3, 0.4) is 0 Å². The number of aryl methyl sites for hydroxylation is 2. The highest BCUT2D eigenvalue weighted by Gasteiger charge is 2.31. The van der Waals surface area contributed by atoms with Crippen LogP contribution in [0.15, 0.2) is 36.4 Å². The molecular formula is C25H22OS2. The average molecular weight is 403 g/mol. The molecule has 0 bridgehead atoms. The lowest BCUT2D eigenvalue weighted by atomic mass is 9.98. The maximum absolute atomic E-state index is 5.17. The highest BCUT2D eigenvalue weighted by molar-refractivity contribution is 7.17. The lowest BCUT2D eigenvalue weighted by Crippen LogP contribution is -1.89. The van der Waals surface area contributed by atoms with Gasteiger partial charge in [-0.15, -0.1) is 22.7 Å². The Bertz CT molecular complexity index is 1160. The number of unbranched alkanes of at least 4 members (excludes halogenated alkanes) is 2. The SMILES string of the molecule is COCCCCCc1cc2c(s1)-c1ccc3c4c(ccc-2c14)-c1sc(C)cc1-3. The first-order chi connectivity index (χ1) is 13.8. The van der Waals surface area contributed by atoms with Gasteiger partial charge in [0.15, 0.2) is 0 Å². The molecule has 0 fully saturated rings. The Labute approximate surface area is 173 Å². The molecular weight excluding hydrogens is 380 g/mol. The van der Waals surface area contributed by atoms with Crippen molar-refractivity contribution < 1.29 is 4.74 Å². The first kappa shape index (κ1) is 17.0. The minimum absolute atomic E-state index is 0.881. The van der Waals surface area contributed by atoms with Crippen molar-refractivity contribution in [1.82, 2.24) is 0 Å². The average Bonchev–Trinajstić information content (AvgIpc) is 3.41. The molecule has 140 valence electrons. The van der Waals surface area contributed by atoms with E-state index in [1.54, 1.807) is 7.11 Å². The van der Waals surface area contributed by atoms with Crippen molar-refractivity contribution in [2.45, 2.75) is 32.6 Å². The standard InChI is InChI=1S/C25H22OS2/c1-14-12-20-16-7-10-19-23-17(8-9-18(22(16)23)24(20)27-14)21-13-15(28-25(19)21)6-4-3-5-11-26-2/h7-10,12-13H,3-6,11H2,1-2H3. The van der Waals surface area contributed by atoms with E-state index in [1.165, 1.54) is 89.3 Å². The fraction of sp³-hybridized carbons (Fsp3) is 0.280. The minimum atomic E-state index is 0.881. The van der Waals surface area contributed by atoms with Crippen LogP contribution in [0.1, 0.15) is 29.0 Å². The third-order valence-corrected chi connectivity index (χ3v) is 8.45. The summed E-state index contributed by atoms with van der Waals surface area (Å²) in [5.74, 6) is 0. The molecule has 0 unspecified atom stereocenters. The minimum Gasteiger partial charge on any atom is -0.385 e. The van der Waals surface area contributed by atoms with Crippen molar-refractivity contribution in [2.75, 3.05) is 13.7 Å². The Kier molecular flexibility index (Phi) is 3.81. The molecule has 0 amide bonds. The van der Waals surface area contributed by atoms with Crippen LogP contribution in [-0.2, 0) is 11.2 Å². The highest BCUT2D eigenvalue weighted by atomic mass is 32.1. The molecule has 0 spiro atoms. The van der Waals surface area contributed by atoms with Gasteiger partial charge in [0, 0.05) is 55.5 Å². The number of hydrogen-bond acceptors (Lipinski definition) is 3. The molecule has 2 aromatic heterocycles. The van der Waals surface area contributed by atoms with Gasteiger partial charge in [0.05, 0.1) is 0 Å². The first-order valence-corrected chi connectivity index (χ1v) is 11.7. The number of rotatable bonds is 6. The maximum Gasteiger partial charge on any atom is 0.0462 e. The summed E-state index contributed by atoms with van der Waals surface area (Å²) < 4.78 is 5.17. The molecule has 2 aliphatic carbocycles. The molecule has 3 heteroatoms. The molecule has 0 radical (unpaired) electrons. The lowest BCUT2D eigenvalue weighted by Gasteiger charge is -2.07. The summed E-state index contributed by atoms with van der Waals surface area (Å²) in [6.45, 7) is 3.10. The zero-order valence-electron chi connectivity index (χ0n) is 16.2. The van der Waals surface area contributed by atoms with Crippen LogP contribution in [0, 0.1) is 6.92 Å². The van der Waals surface area contributed by atoms with Crippen LogP contribution in [0.4, 0.5) is 0 Å². The largest absolute Gasteiger partial charge is 0.385 e. The zero-order chi connectivity index (χ0) is 18.8. The van der Waals surface area contributed by atoms with Crippen LogP contribution >= 0.6 is 22.7 Å². The number of benzene rings is 2. The molecule has 1 nitrogen and oxygen atoms in total. The number of thiophene rings is 2. The van der Waals surface area contributed by atoms with E-state index in [0.717, 1.165) is 6.61 Å². The second-order valence-electron chi connectivity index (χ2n) is 7.93. The van der Waals surface area contributed by atoms with Crippen LogP contribution in [0.2, 0.25) is 0 Å². The van der Waals surface area contributed by atoms with Crippen molar-refractivity contribution in [2.24, 2.45) is 0 Å². The van der Waals surface area contributed by atoms with E-state index in [9.17, 15) is 0 Å². The molecule has 4 aromatic rings. The molecule has 0 saturated carbocycles. The van der Waals surface area contributed by atoms with Crippen molar-refractivity contribution >= 4 is 33.4 Å². The zero-order valence-corrected chi connectivity index (χ0v) is 17.9. The molecule has 2 heterocycles. The summed E-state index contributed by atoms with van der Waals surface area (Å²) in [4.78, 5) is 5.88. The molecule has 0 N–H and O–H groups in total. The van der Waals surface area contributed by atoms with E-state index >= 15 is 0 Å². The predicted molar refractivity (Wildman–Crippen MR) is 123 cm³/mol. The number of ether oxygens (including phenoxy) is 1. The maximum atomic E-state index is 5.17. The molecule has 6 rings (SSSR count). The second kappa shape index (κ2) is 6.28. The molecule has 0 aliphatic heterocycles. The smallest absolute Gasteiger partial charge is 0.0462 e. The van der Waals surface area contributed by atoms with Crippen LogP contribution in [0.5, 0.6) is 0 Å². The fourth-order valence-electron chi connectivity index (χ4n) is 4.93. The molecule has 28 heavy (non-hydrogen) atoms. The Balaban J connectivity index is 1.40. The predicted octanol–water partition coefficient (Wildman–Crippen LogP) is 7.93. The highest BCUT2D eigenvalue weighted by Crippen LogP contribution is 2.59. The Hall–Kier alpha value is -1.94.